The van der Waals surface area contributed by atoms with Gasteiger partial charge in [-0.2, -0.15) is 0 Å². The molecule has 3 rings (SSSR count). The SMILES string of the molecule is O[C@H](c1ccccn1)c1ncc(Cc2ccncc2)[nH]1. The van der Waals surface area contributed by atoms with Gasteiger partial charge < -0.3 is 10.1 Å². The van der Waals surface area contributed by atoms with Crippen molar-refractivity contribution in [3.8, 4) is 0 Å². The number of aliphatic hydroxyl groups is 1. The van der Waals surface area contributed by atoms with Crippen molar-refractivity contribution >= 4 is 0 Å². The highest BCUT2D eigenvalue weighted by Gasteiger charge is 2.15. The molecule has 2 N–H and O–H groups in total. The summed E-state index contributed by atoms with van der Waals surface area (Å²) in [4.78, 5) is 15.5. The van der Waals surface area contributed by atoms with E-state index in [4.69, 9.17) is 0 Å². The maximum atomic E-state index is 10.2. The molecule has 0 spiro atoms. The van der Waals surface area contributed by atoms with Crippen LogP contribution in [0.25, 0.3) is 0 Å². The molecule has 5 heteroatoms. The molecule has 1 atom stereocenters. The van der Waals surface area contributed by atoms with Crippen molar-refractivity contribution in [3.63, 3.8) is 0 Å². The first-order chi connectivity index (χ1) is 9.83. The second-order valence-corrected chi connectivity index (χ2v) is 4.48. The minimum absolute atomic E-state index is 0.507. The van der Waals surface area contributed by atoms with E-state index in [2.05, 4.69) is 19.9 Å². The van der Waals surface area contributed by atoms with Crippen molar-refractivity contribution in [2.45, 2.75) is 12.5 Å². The van der Waals surface area contributed by atoms with Gasteiger partial charge in [0.05, 0.1) is 5.69 Å². The molecule has 0 radical (unpaired) electrons. The van der Waals surface area contributed by atoms with E-state index in [0.29, 0.717) is 11.5 Å². The second-order valence-electron chi connectivity index (χ2n) is 4.48. The van der Waals surface area contributed by atoms with E-state index in [1.165, 1.54) is 0 Å². The molecule has 3 aromatic rings. The third-order valence-corrected chi connectivity index (χ3v) is 3.02. The van der Waals surface area contributed by atoms with Gasteiger partial charge in [0.1, 0.15) is 5.82 Å². The average molecular weight is 266 g/mol. The van der Waals surface area contributed by atoms with Crippen LogP contribution in [-0.2, 0) is 6.42 Å². The quantitative estimate of drug-likeness (QED) is 0.756. The fourth-order valence-electron chi connectivity index (χ4n) is 2.00. The van der Waals surface area contributed by atoms with E-state index >= 15 is 0 Å². The summed E-state index contributed by atoms with van der Waals surface area (Å²) in [7, 11) is 0. The van der Waals surface area contributed by atoms with E-state index in [9.17, 15) is 5.11 Å². The number of hydrogen-bond acceptors (Lipinski definition) is 4. The Balaban J connectivity index is 1.77. The second kappa shape index (κ2) is 5.63. The predicted octanol–water partition coefficient (Wildman–Crippen LogP) is 1.87. The van der Waals surface area contributed by atoms with Crippen LogP contribution in [0.2, 0.25) is 0 Å². The van der Waals surface area contributed by atoms with Crippen LogP contribution in [0.5, 0.6) is 0 Å². The van der Waals surface area contributed by atoms with Gasteiger partial charge in [0, 0.05) is 36.9 Å². The Bertz CT molecular complexity index is 667. The summed E-state index contributed by atoms with van der Waals surface area (Å²) in [6.45, 7) is 0. The topological polar surface area (TPSA) is 74.7 Å². The molecule has 0 aliphatic heterocycles. The van der Waals surface area contributed by atoms with Gasteiger partial charge >= 0.3 is 0 Å². The Labute approximate surface area is 116 Å². The molecule has 20 heavy (non-hydrogen) atoms. The maximum Gasteiger partial charge on any atom is 0.153 e. The predicted molar refractivity (Wildman–Crippen MR) is 73.9 cm³/mol. The number of pyridine rings is 2. The molecule has 0 amide bonds. The van der Waals surface area contributed by atoms with Crippen molar-refractivity contribution in [1.82, 2.24) is 19.9 Å². The number of rotatable bonds is 4. The molecule has 0 fully saturated rings. The highest BCUT2D eigenvalue weighted by molar-refractivity contribution is 5.21. The van der Waals surface area contributed by atoms with Crippen molar-refractivity contribution in [3.05, 3.63) is 77.9 Å². The first kappa shape index (κ1) is 12.5. The molecule has 100 valence electrons. The minimum atomic E-state index is -0.831. The normalized spacial score (nSPS) is 12.2. The summed E-state index contributed by atoms with van der Waals surface area (Å²) in [6.07, 6.45) is 6.80. The van der Waals surface area contributed by atoms with E-state index in [0.717, 1.165) is 17.7 Å². The number of hydrogen-bond donors (Lipinski definition) is 2. The van der Waals surface area contributed by atoms with Gasteiger partial charge in [-0.1, -0.05) is 6.07 Å². The molecule has 0 aliphatic rings. The zero-order chi connectivity index (χ0) is 13.8. The Hall–Kier alpha value is -2.53. The highest BCUT2D eigenvalue weighted by Crippen LogP contribution is 2.17. The summed E-state index contributed by atoms with van der Waals surface area (Å²) in [5, 5.41) is 10.2. The van der Waals surface area contributed by atoms with Crippen LogP contribution in [0.3, 0.4) is 0 Å². The average Bonchev–Trinajstić information content (AvgIpc) is 2.97. The van der Waals surface area contributed by atoms with Crippen molar-refractivity contribution < 1.29 is 5.11 Å². The van der Waals surface area contributed by atoms with Gasteiger partial charge in [-0.05, 0) is 29.8 Å². The molecule has 5 nitrogen and oxygen atoms in total. The van der Waals surface area contributed by atoms with Crippen molar-refractivity contribution in [1.29, 1.82) is 0 Å². The zero-order valence-corrected chi connectivity index (χ0v) is 10.8. The molecule has 0 bridgehead atoms. The highest BCUT2D eigenvalue weighted by atomic mass is 16.3. The van der Waals surface area contributed by atoms with Gasteiger partial charge in [-0.3, -0.25) is 9.97 Å². The van der Waals surface area contributed by atoms with Crippen LogP contribution in [0.15, 0.2) is 55.1 Å². The Morgan fingerprint density at radius 1 is 1.05 bits per heavy atom. The third-order valence-electron chi connectivity index (χ3n) is 3.02. The van der Waals surface area contributed by atoms with Gasteiger partial charge in [-0.15, -0.1) is 0 Å². The number of H-pyrrole nitrogens is 1. The zero-order valence-electron chi connectivity index (χ0n) is 10.8. The number of aromatic nitrogens is 4. The van der Waals surface area contributed by atoms with Crippen molar-refractivity contribution in [2.24, 2.45) is 0 Å². The molecule has 0 saturated heterocycles. The summed E-state index contributed by atoms with van der Waals surface area (Å²) >= 11 is 0. The Morgan fingerprint density at radius 2 is 1.90 bits per heavy atom. The van der Waals surface area contributed by atoms with E-state index < -0.39 is 6.10 Å². The van der Waals surface area contributed by atoms with Crippen LogP contribution in [0, 0.1) is 0 Å². The minimum Gasteiger partial charge on any atom is -0.379 e. The summed E-state index contributed by atoms with van der Waals surface area (Å²) < 4.78 is 0. The monoisotopic (exact) mass is 266 g/mol. The summed E-state index contributed by atoms with van der Waals surface area (Å²) in [5.74, 6) is 0.507. The van der Waals surface area contributed by atoms with Gasteiger partial charge in [0.15, 0.2) is 6.10 Å². The number of nitrogens with zero attached hydrogens (tertiary/aromatic N) is 3. The van der Waals surface area contributed by atoms with E-state index in [1.807, 2.05) is 24.3 Å². The van der Waals surface area contributed by atoms with Crippen LogP contribution < -0.4 is 0 Å². The molecule has 0 aromatic carbocycles. The van der Waals surface area contributed by atoms with Crippen LogP contribution in [0.4, 0.5) is 0 Å². The fraction of sp³-hybridized carbons (Fsp3) is 0.133. The van der Waals surface area contributed by atoms with Crippen LogP contribution >= 0.6 is 0 Å². The van der Waals surface area contributed by atoms with Crippen molar-refractivity contribution in [2.75, 3.05) is 0 Å². The molecule has 0 saturated carbocycles. The van der Waals surface area contributed by atoms with Crippen LogP contribution in [-0.4, -0.2) is 25.0 Å². The summed E-state index contributed by atoms with van der Waals surface area (Å²) in [6, 6.07) is 9.33. The van der Waals surface area contributed by atoms with Gasteiger partial charge in [0.25, 0.3) is 0 Å². The lowest BCUT2D eigenvalue weighted by Gasteiger charge is -2.06. The molecular weight excluding hydrogens is 252 g/mol. The smallest absolute Gasteiger partial charge is 0.153 e. The lowest BCUT2D eigenvalue weighted by Crippen LogP contribution is -2.04. The molecule has 3 heterocycles. The van der Waals surface area contributed by atoms with Crippen LogP contribution in [0.1, 0.15) is 28.9 Å². The molecule has 0 unspecified atom stereocenters. The number of aromatic amines is 1. The number of nitrogens with one attached hydrogen (secondary N) is 1. The molecule has 0 aliphatic carbocycles. The maximum absolute atomic E-state index is 10.2. The Kier molecular flexibility index (Phi) is 3.52. The lowest BCUT2D eigenvalue weighted by molar-refractivity contribution is 0.206. The van der Waals surface area contributed by atoms with E-state index in [1.54, 1.807) is 30.9 Å². The third kappa shape index (κ3) is 2.73. The standard InChI is InChI=1S/C15H14N4O/c20-14(13-3-1-2-6-17-13)15-18-10-12(19-15)9-11-4-7-16-8-5-11/h1-8,10,14,20H,9H2,(H,18,19)/t14-/m1/s1. The Morgan fingerprint density at radius 3 is 2.65 bits per heavy atom. The first-order valence-electron chi connectivity index (χ1n) is 6.34. The number of imidazole rings is 1. The van der Waals surface area contributed by atoms with Gasteiger partial charge in [-0.25, -0.2) is 4.98 Å². The molecule has 3 aromatic heterocycles. The number of aliphatic hydroxyl groups excluding tert-OH is 1. The molecular formula is C15H14N4O. The first-order valence-corrected chi connectivity index (χ1v) is 6.34. The summed E-state index contributed by atoms with van der Waals surface area (Å²) in [5.41, 5.74) is 2.67. The van der Waals surface area contributed by atoms with Gasteiger partial charge in [0.2, 0.25) is 0 Å². The fourth-order valence-corrected chi connectivity index (χ4v) is 2.00. The lowest BCUT2D eigenvalue weighted by atomic mass is 10.1. The van der Waals surface area contributed by atoms with E-state index in [-0.39, 0.29) is 0 Å². The largest absolute Gasteiger partial charge is 0.379 e.